The SMILES string of the molecule is O=C(O)/C(=C/C=C\c1ccccc1)NC(=O)c1ccccc1Cl. The van der Waals surface area contributed by atoms with E-state index >= 15 is 0 Å². The lowest BCUT2D eigenvalue weighted by molar-refractivity contribution is -0.133. The molecule has 0 spiro atoms. The van der Waals surface area contributed by atoms with Gasteiger partial charge in [0.2, 0.25) is 0 Å². The summed E-state index contributed by atoms with van der Waals surface area (Å²) in [5.41, 5.74) is 0.904. The van der Waals surface area contributed by atoms with Crippen molar-refractivity contribution in [2.45, 2.75) is 0 Å². The normalized spacial score (nSPS) is 11.4. The first-order valence-corrected chi connectivity index (χ1v) is 7.18. The van der Waals surface area contributed by atoms with E-state index < -0.39 is 11.9 Å². The summed E-state index contributed by atoms with van der Waals surface area (Å²) in [4.78, 5) is 23.3. The molecule has 0 aliphatic heterocycles. The van der Waals surface area contributed by atoms with E-state index in [0.29, 0.717) is 0 Å². The number of rotatable bonds is 5. The second kappa shape index (κ2) is 7.96. The van der Waals surface area contributed by atoms with Crippen LogP contribution in [0, 0.1) is 0 Å². The number of amides is 1. The smallest absolute Gasteiger partial charge is 0.352 e. The molecule has 2 N–H and O–H groups in total. The molecule has 0 aliphatic rings. The summed E-state index contributed by atoms with van der Waals surface area (Å²) in [7, 11) is 0. The van der Waals surface area contributed by atoms with Crippen LogP contribution in [0.3, 0.4) is 0 Å². The number of hydrogen-bond donors (Lipinski definition) is 2. The first kappa shape index (κ1) is 16.5. The number of halogens is 1. The van der Waals surface area contributed by atoms with Gasteiger partial charge in [0.25, 0.3) is 5.91 Å². The Morgan fingerprint density at radius 2 is 1.65 bits per heavy atom. The van der Waals surface area contributed by atoms with Crippen LogP contribution >= 0.6 is 11.6 Å². The lowest BCUT2D eigenvalue weighted by atomic mass is 10.2. The fraction of sp³-hybridized carbons (Fsp3) is 0. The summed E-state index contributed by atoms with van der Waals surface area (Å²) >= 11 is 5.92. The Hall–Kier alpha value is -2.85. The molecule has 0 unspecified atom stereocenters. The predicted octanol–water partition coefficient (Wildman–Crippen LogP) is 3.75. The van der Waals surface area contributed by atoms with Gasteiger partial charge in [0.1, 0.15) is 5.70 Å². The van der Waals surface area contributed by atoms with Crippen LogP contribution in [-0.4, -0.2) is 17.0 Å². The largest absolute Gasteiger partial charge is 0.477 e. The average molecular weight is 328 g/mol. The number of carboxylic acid groups (broad SMARTS) is 1. The van der Waals surface area contributed by atoms with Crippen molar-refractivity contribution in [3.8, 4) is 0 Å². The van der Waals surface area contributed by atoms with Gasteiger partial charge in [0.15, 0.2) is 0 Å². The molecule has 0 saturated heterocycles. The van der Waals surface area contributed by atoms with Crippen molar-refractivity contribution in [2.75, 3.05) is 0 Å². The quantitative estimate of drug-likeness (QED) is 0.649. The van der Waals surface area contributed by atoms with Crippen molar-refractivity contribution >= 4 is 29.6 Å². The van der Waals surface area contributed by atoms with Gasteiger partial charge >= 0.3 is 5.97 Å². The Bertz CT molecular complexity index is 767. The number of carbonyl (C=O) groups is 2. The summed E-state index contributed by atoms with van der Waals surface area (Å²) in [5, 5.41) is 11.8. The third kappa shape index (κ3) is 4.83. The van der Waals surface area contributed by atoms with Gasteiger partial charge in [-0.3, -0.25) is 4.79 Å². The van der Waals surface area contributed by atoms with E-state index in [9.17, 15) is 14.7 Å². The van der Waals surface area contributed by atoms with Crippen LogP contribution in [0.5, 0.6) is 0 Å². The summed E-state index contributed by atoms with van der Waals surface area (Å²) < 4.78 is 0. The standard InChI is InChI=1S/C18H14ClNO3/c19-15-11-5-4-10-14(15)17(21)20-16(18(22)23)12-6-9-13-7-2-1-3-8-13/h1-12H,(H,20,21)(H,22,23)/b9-6-,16-12-. The first-order chi connectivity index (χ1) is 11.1. The second-order valence-corrected chi connectivity index (χ2v) is 5.00. The molecule has 2 aromatic carbocycles. The van der Waals surface area contributed by atoms with E-state index in [2.05, 4.69) is 5.32 Å². The molecular weight excluding hydrogens is 314 g/mol. The highest BCUT2D eigenvalue weighted by molar-refractivity contribution is 6.33. The maximum atomic E-state index is 12.1. The minimum atomic E-state index is -1.23. The van der Waals surface area contributed by atoms with Gasteiger partial charge in [0, 0.05) is 0 Å². The molecular formula is C18H14ClNO3. The zero-order valence-electron chi connectivity index (χ0n) is 12.1. The van der Waals surface area contributed by atoms with Crippen LogP contribution in [0.1, 0.15) is 15.9 Å². The highest BCUT2D eigenvalue weighted by Gasteiger charge is 2.14. The number of allylic oxidation sites excluding steroid dienone is 2. The van der Waals surface area contributed by atoms with Gasteiger partial charge < -0.3 is 10.4 Å². The molecule has 116 valence electrons. The second-order valence-electron chi connectivity index (χ2n) is 4.59. The number of carbonyl (C=O) groups excluding carboxylic acids is 1. The predicted molar refractivity (Wildman–Crippen MR) is 90.1 cm³/mol. The molecule has 23 heavy (non-hydrogen) atoms. The summed E-state index contributed by atoms with van der Waals surface area (Å²) in [5.74, 6) is -1.81. The van der Waals surface area contributed by atoms with E-state index in [0.717, 1.165) is 5.56 Å². The van der Waals surface area contributed by atoms with Crippen molar-refractivity contribution in [1.82, 2.24) is 5.32 Å². The number of carboxylic acids is 1. The van der Waals surface area contributed by atoms with Crippen LogP contribution < -0.4 is 5.32 Å². The van der Waals surface area contributed by atoms with Gasteiger partial charge in [0.05, 0.1) is 10.6 Å². The summed E-state index contributed by atoms with van der Waals surface area (Å²) in [6.07, 6.45) is 4.63. The molecule has 4 nitrogen and oxygen atoms in total. The minimum absolute atomic E-state index is 0.216. The lowest BCUT2D eigenvalue weighted by Crippen LogP contribution is -2.27. The first-order valence-electron chi connectivity index (χ1n) is 6.80. The molecule has 0 radical (unpaired) electrons. The molecule has 1 amide bonds. The zero-order chi connectivity index (χ0) is 16.7. The van der Waals surface area contributed by atoms with Gasteiger partial charge in [-0.15, -0.1) is 0 Å². The van der Waals surface area contributed by atoms with Gasteiger partial charge in [-0.05, 0) is 23.8 Å². The van der Waals surface area contributed by atoms with Crippen molar-refractivity contribution in [1.29, 1.82) is 0 Å². The molecule has 2 aromatic rings. The number of aliphatic carboxylic acids is 1. The summed E-state index contributed by atoms with van der Waals surface area (Å²) in [6, 6.07) is 15.8. The molecule has 0 aliphatic carbocycles. The lowest BCUT2D eigenvalue weighted by Gasteiger charge is -2.06. The summed E-state index contributed by atoms with van der Waals surface area (Å²) in [6.45, 7) is 0. The van der Waals surface area contributed by atoms with Gasteiger partial charge in [-0.25, -0.2) is 4.79 Å². The third-order valence-corrected chi connectivity index (χ3v) is 3.28. The minimum Gasteiger partial charge on any atom is -0.477 e. The van der Waals surface area contributed by atoms with Crippen molar-refractivity contribution in [2.24, 2.45) is 0 Å². The van der Waals surface area contributed by atoms with Gasteiger partial charge in [-0.2, -0.15) is 0 Å². The topological polar surface area (TPSA) is 66.4 Å². The average Bonchev–Trinajstić information content (AvgIpc) is 2.55. The van der Waals surface area contributed by atoms with E-state index in [4.69, 9.17) is 11.6 Å². The Balaban J connectivity index is 2.14. The van der Waals surface area contributed by atoms with Crippen LogP contribution in [0.4, 0.5) is 0 Å². The Morgan fingerprint density at radius 3 is 2.30 bits per heavy atom. The van der Waals surface area contributed by atoms with Crippen LogP contribution in [-0.2, 0) is 4.79 Å². The molecule has 0 atom stereocenters. The molecule has 0 bridgehead atoms. The molecule has 0 heterocycles. The molecule has 0 fully saturated rings. The Kier molecular flexibility index (Phi) is 5.72. The van der Waals surface area contributed by atoms with Crippen molar-refractivity contribution < 1.29 is 14.7 Å². The van der Waals surface area contributed by atoms with E-state index in [-0.39, 0.29) is 16.3 Å². The van der Waals surface area contributed by atoms with Crippen molar-refractivity contribution in [3.63, 3.8) is 0 Å². The van der Waals surface area contributed by atoms with Crippen LogP contribution in [0.25, 0.3) is 6.08 Å². The third-order valence-electron chi connectivity index (χ3n) is 2.95. The number of nitrogens with one attached hydrogen (secondary N) is 1. The highest BCUT2D eigenvalue weighted by Crippen LogP contribution is 2.15. The van der Waals surface area contributed by atoms with E-state index in [1.807, 2.05) is 30.3 Å². The number of hydrogen-bond acceptors (Lipinski definition) is 2. The monoisotopic (exact) mass is 327 g/mol. The van der Waals surface area contributed by atoms with Crippen LogP contribution in [0.15, 0.2) is 72.4 Å². The maximum absolute atomic E-state index is 12.1. The highest BCUT2D eigenvalue weighted by atomic mass is 35.5. The molecule has 0 saturated carbocycles. The molecule has 5 heteroatoms. The fourth-order valence-electron chi connectivity index (χ4n) is 1.82. The van der Waals surface area contributed by atoms with E-state index in [1.54, 1.807) is 30.4 Å². The zero-order valence-corrected chi connectivity index (χ0v) is 12.8. The Morgan fingerprint density at radius 1 is 1.00 bits per heavy atom. The maximum Gasteiger partial charge on any atom is 0.352 e. The molecule has 2 rings (SSSR count). The van der Waals surface area contributed by atoms with Crippen molar-refractivity contribution in [3.05, 3.63) is 88.6 Å². The van der Waals surface area contributed by atoms with Crippen LogP contribution in [0.2, 0.25) is 5.02 Å². The fourth-order valence-corrected chi connectivity index (χ4v) is 2.04. The van der Waals surface area contributed by atoms with E-state index in [1.165, 1.54) is 12.1 Å². The number of benzene rings is 2. The van der Waals surface area contributed by atoms with Gasteiger partial charge in [-0.1, -0.05) is 66.2 Å². The molecule has 0 aromatic heterocycles. The Labute approximate surface area is 138 Å².